The van der Waals surface area contributed by atoms with Crippen molar-refractivity contribution < 1.29 is 4.52 Å². The minimum absolute atomic E-state index is 0.390. The third-order valence-electron chi connectivity index (χ3n) is 2.70. The van der Waals surface area contributed by atoms with E-state index in [1.807, 2.05) is 13.8 Å². The molecular formula is C10H10N6OS. The van der Waals surface area contributed by atoms with Crippen LogP contribution in [0.25, 0.3) is 23.0 Å². The minimum Gasteiger partial charge on any atom is -0.390 e. The molecule has 92 valence electrons. The Hall–Kier alpha value is -2.22. The molecule has 3 N–H and O–H groups in total. The van der Waals surface area contributed by atoms with E-state index in [4.69, 9.17) is 10.3 Å². The number of nitrogens with one attached hydrogen (secondary N) is 1. The molecule has 8 heteroatoms. The number of nitrogen functional groups attached to an aromatic ring is 1. The zero-order chi connectivity index (χ0) is 12.7. The van der Waals surface area contributed by atoms with Gasteiger partial charge in [-0.05, 0) is 19.4 Å². The zero-order valence-corrected chi connectivity index (χ0v) is 10.6. The maximum atomic E-state index is 5.96. The summed E-state index contributed by atoms with van der Waals surface area (Å²) in [5.41, 5.74) is 8.36. The Bertz CT molecular complexity index is 683. The SMILES string of the molecule is Cc1sc(N)c(-c2nc(-c3cn[nH]n3)no2)c1C. The first-order valence-corrected chi connectivity index (χ1v) is 6.04. The number of nitrogens with two attached hydrogens (primary N) is 1. The molecule has 0 atom stereocenters. The lowest BCUT2D eigenvalue weighted by Crippen LogP contribution is -1.87. The molecular weight excluding hydrogens is 252 g/mol. The summed E-state index contributed by atoms with van der Waals surface area (Å²) in [6.45, 7) is 3.99. The summed E-state index contributed by atoms with van der Waals surface area (Å²) in [7, 11) is 0. The smallest absolute Gasteiger partial charge is 0.261 e. The second kappa shape index (κ2) is 3.91. The molecule has 3 aromatic rings. The van der Waals surface area contributed by atoms with Crippen LogP contribution in [0.1, 0.15) is 10.4 Å². The average Bonchev–Trinajstić information content (AvgIpc) is 3.01. The van der Waals surface area contributed by atoms with Crippen molar-refractivity contribution >= 4 is 16.3 Å². The molecule has 0 aliphatic carbocycles. The summed E-state index contributed by atoms with van der Waals surface area (Å²) < 4.78 is 5.23. The van der Waals surface area contributed by atoms with Gasteiger partial charge in [0.15, 0.2) is 5.69 Å². The fourth-order valence-electron chi connectivity index (χ4n) is 1.66. The summed E-state index contributed by atoms with van der Waals surface area (Å²) in [6, 6.07) is 0. The highest BCUT2D eigenvalue weighted by Gasteiger charge is 2.19. The van der Waals surface area contributed by atoms with Crippen molar-refractivity contribution in [3.8, 4) is 23.0 Å². The molecule has 0 radical (unpaired) electrons. The number of anilines is 1. The fraction of sp³-hybridized carbons (Fsp3) is 0.200. The van der Waals surface area contributed by atoms with Crippen molar-refractivity contribution in [3.63, 3.8) is 0 Å². The monoisotopic (exact) mass is 262 g/mol. The van der Waals surface area contributed by atoms with E-state index in [2.05, 4.69) is 25.6 Å². The molecule has 0 saturated heterocycles. The average molecular weight is 262 g/mol. The number of hydrogen-bond acceptors (Lipinski definition) is 7. The van der Waals surface area contributed by atoms with Gasteiger partial charge in [0.2, 0.25) is 5.82 Å². The first-order valence-electron chi connectivity index (χ1n) is 5.22. The van der Waals surface area contributed by atoms with Crippen LogP contribution in [-0.2, 0) is 0 Å². The first kappa shape index (κ1) is 10.9. The summed E-state index contributed by atoms with van der Waals surface area (Å²) in [4.78, 5) is 5.43. The zero-order valence-electron chi connectivity index (χ0n) is 9.76. The van der Waals surface area contributed by atoms with Crippen molar-refractivity contribution in [2.24, 2.45) is 0 Å². The number of aromatic amines is 1. The van der Waals surface area contributed by atoms with Gasteiger partial charge in [-0.3, -0.25) is 0 Å². The Labute approximate surface area is 106 Å². The van der Waals surface area contributed by atoms with E-state index in [0.29, 0.717) is 22.4 Å². The molecule has 18 heavy (non-hydrogen) atoms. The van der Waals surface area contributed by atoms with E-state index < -0.39 is 0 Å². The molecule has 0 spiro atoms. The van der Waals surface area contributed by atoms with Crippen molar-refractivity contribution in [2.75, 3.05) is 5.73 Å². The third kappa shape index (κ3) is 1.58. The molecule has 0 aliphatic rings. The van der Waals surface area contributed by atoms with Crippen LogP contribution in [0.2, 0.25) is 0 Å². The van der Waals surface area contributed by atoms with Gasteiger partial charge in [0.05, 0.1) is 16.8 Å². The van der Waals surface area contributed by atoms with Gasteiger partial charge in [0.25, 0.3) is 5.89 Å². The number of hydrogen-bond donors (Lipinski definition) is 2. The van der Waals surface area contributed by atoms with Crippen LogP contribution in [0.15, 0.2) is 10.7 Å². The van der Waals surface area contributed by atoms with Crippen LogP contribution in [0.4, 0.5) is 5.00 Å². The molecule has 3 heterocycles. The maximum absolute atomic E-state index is 5.96. The molecule has 0 fully saturated rings. The Morgan fingerprint density at radius 3 is 2.83 bits per heavy atom. The van der Waals surface area contributed by atoms with E-state index in [0.717, 1.165) is 16.0 Å². The van der Waals surface area contributed by atoms with Crippen LogP contribution in [0.5, 0.6) is 0 Å². The minimum atomic E-state index is 0.390. The van der Waals surface area contributed by atoms with Crippen LogP contribution >= 0.6 is 11.3 Å². The second-order valence-electron chi connectivity index (χ2n) is 3.80. The summed E-state index contributed by atoms with van der Waals surface area (Å²) >= 11 is 1.51. The molecule has 0 saturated carbocycles. The molecule has 0 aliphatic heterocycles. The lowest BCUT2D eigenvalue weighted by Gasteiger charge is -1.94. The Morgan fingerprint density at radius 1 is 1.39 bits per heavy atom. The quantitative estimate of drug-likeness (QED) is 0.729. The van der Waals surface area contributed by atoms with Gasteiger partial charge in [-0.15, -0.1) is 11.3 Å². The Balaban J connectivity index is 2.08. The van der Waals surface area contributed by atoms with Crippen LogP contribution in [0.3, 0.4) is 0 Å². The van der Waals surface area contributed by atoms with Crippen molar-refractivity contribution in [3.05, 3.63) is 16.6 Å². The van der Waals surface area contributed by atoms with Gasteiger partial charge >= 0.3 is 0 Å². The van der Waals surface area contributed by atoms with Crippen LogP contribution in [0, 0.1) is 13.8 Å². The highest BCUT2D eigenvalue weighted by Crippen LogP contribution is 2.37. The predicted octanol–water partition coefficient (Wildman–Crippen LogP) is 1.78. The lowest BCUT2D eigenvalue weighted by atomic mass is 10.1. The summed E-state index contributed by atoms with van der Waals surface area (Å²) in [6.07, 6.45) is 1.53. The molecule has 0 unspecified atom stereocenters. The third-order valence-corrected chi connectivity index (χ3v) is 3.73. The van der Waals surface area contributed by atoms with Gasteiger partial charge in [0.1, 0.15) is 0 Å². The van der Waals surface area contributed by atoms with Crippen molar-refractivity contribution in [1.82, 2.24) is 25.6 Å². The molecule has 0 aromatic carbocycles. The number of H-pyrrole nitrogens is 1. The lowest BCUT2D eigenvalue weighted by molar-refractivity contribution is 0.432. The van der Waals surface area contributed by atoms with Gasteiger partial charge in [-0.1, -0.05) is 5.16 Å². The maximum Gasteiger partial charge on any atom is 0.261 e. The molecule has 3 aromatic heterocycles. The Morgan fingerprint density at radius 2 is 2.22 bits per heavy atom. The van der Waals surface area contributed by atoms with Crippen LogP contribution < -0.4 is 5.73 Å². The van der Waals surface area contributed by atoms with Crippen molar-refractivity contribution in [2.45, 2.75) is 13.8 Å². The van der Waals surface area contributed by atoms with Gasteiger partial charge < -0.3 is 10.3 Å². The fourth-order valence-corrected chi connectivity index (χ4v) is 2.59. The second-order valence-corrected chi connectivity index (χ2v) is 5.06. The number of thiophene rings is 1. The molecule has 3 rings (SSSR count). The van der Waals surface area contributed by atoms with E-state index in [9.17, 15) is 0 Å². The van der Waals surface area contributed by atoms with E-state index >= 15 is 0 Å². The van der Waals surface area contributed by atoms with E-state index in [1.165, 1.54) is 17.5 Å². The number of nitrogens with zero attached hydrogens (tertiary/aromatic N) is 4. The predicted molar refractivity (Wildman–Crippen MR) is 66.9 cm³/mol. The normalized spacial score (nSPS) is 11.0. The molecule has 0 amide bonds. The highest BCUT2D eigenvalue weighted by molar-refractivity contribution is 7.16. The van der Waals surface area contributed by atoms with E-state index in [1.54, 1.807) is 0 Å². The largest absolute Gasteiger partial charge is 0.390 e. The summed E-state index contributed by atoms with van der Waals surface area (Å²) in [5.74, 6) is 0.800. The molecule has 7 nitrogen and oxygen atoms in total. The highest BCUT2D eigenvalue weighted by atomic mass is 32.1. The number of aromatic nitrogens is 5. The van der Waals surface area contributed by atoms with Gasteiger partial charge in [-0.25, -0.2) is 0 Å². The van der Waals surface area contributed by atoms with Crippen molar-refractivity contribution in [1.29, 1.82) is 0 Å². The first-order chi connectivity index (χ1) is 8.66. The number of rotatable bonds is 2. The van der Waals surface area contributed by atoms with Crippen LogP contribution in [-0.4, -0.2) is 25.6 Å². The van der Waals surface area contributed by atoms with Gasteiger partial charge in [0, 0.05) is 4.88 Å². The van der Waals surface area contributed by atoms with E-state index in [-0.39, 0.29) is 0 Å². The molecule has 0 bridgehead atoms. The number of aryl methyl sites for hydroxylation is 1. The van der Waals surface area contributed by atoms with Gasteiger partial charge in [-0.2, -0.15) is 20.4 Å². The standard InChI is InChI=1S/C10H10N6OS/c1-4-5(2)18-8(11)7(4)10-13-9(15-17-10)6-3-12-16-14-6/h3H,11H2,1-2H3,(H,12,14,16). The summed E-state index contributed by atoms with van der Waals surface area (Å²) in [5, 5.41) is 14.6. The Kier molecular flexibility index (Phi) is 2.37. The topological polar surface area (TPSA) is 107 Å².